The number of amides is 2. The van der Waals surface area contributed by atoms with E-state index >= 15 is 0 Å². The largest absolute Gasteiger partial charge is 0.474 e. The first-order valence-corrected chi connectivity index (χ1v) is 28.8. The zero-order chi connectivity index (χ0) is 56.3. The average Bonchev–Trinajstić information content (AvgIpc) is 3.49. The van der Waals surface area contributed by atoms with Gasteiger partial charge in [0.25, 0.3) is 11.8 Å². The van der Waals surface area contributed by atoms with Gasteiger partial charge in [-0.3, -0.25) is 14.4 Å². The second-order valence-corrected chi connectivity index (χ2v) is 20.7. The number of anilines is 3. The highest BCUT2D eigenvalue weighted by molar-refractivity contribution is 6.13. The van der Waals surface area contributed by atoms with Crippen LogP contribution in [0.5, 0.6) is 5.88 Å². The number of esters is 1. The van der Waals surface area contributed by atoms with Crippen molar-refractivity contribution < 1.29 is 66.5 Å². The molecule has 1 saturated carbocycles. The highest BCUT2D eigenvalue weighted by Crippen LogP contribution is 2.29. The Morgan fingerprint density at radius 3 is 1.64 bits per heavy atom. The lowest BCUT2D eigenvalue weighted by Crippen LogP contribution is -2.29. The van der Waals surface area contributed by atoms with Crippen LogP contribution in [0.4, 0.5) is 17.1 Å². The standard InChI is InChI=1S/C62H88N4O14/c1-62(2,3)80-59(67)25-29-71-31-33-73-35-37-75-39-41-77-43-45-78-44-42-76-40-38-74-36-34-72-32-30-70-28-11-13-49-12-10-14-51(46-49)60(68)65-57-23-22-54(66-26-8-5-9-27-66)47-56(57)61(69)64-53-20-17-50(18-21-53)52-19-24-58(63-48-52)79-55-15-6-4-7-16-55/h10,12,14,17-24,46-48,55H,4-9,11,13,15-16,25-45H2,1-3H3,(H,64,69)(H,65,68). The molecular formula is C62H88N4O14. The summed E-state index contributed by atoms with van der Waals surface area (Å²) >= 11 is 0. The van der Waals surface area contributed by atoms with Crippen molar-refractivity contribution in [2.24, 2.45) is 0 Å². The molecule has 2 aliphatic rings. The van der Waals surface area contributed by atoms with Crippen molar-refractivity contribution in [2.75, 3.05) is 148 Å². The summed E-state index contributed by atoms with van der Waals surface area (Å²) in [5, 5.41) is 6.12. The maximum Gasteiger partial charge on any atom is 0.308 e. The molecule has 1 saturated heterocycles. The number of pyridine rings is 1. The summed E-state index contributed by atoms with van der Waals surface area (Å²) in [6.07, 6.45) is 13.0. The second-order valence-electron chi connectivity index (χ2n) is 20.7. The predicted octanol–water partition coefficient (Wildman–Crippen LogP) is 9.77. The SMILES string of the molecule is CC(C)(C)OC(=O)CCOCCOCCOCCOCCOCCOCCOCCOCCOCCCc1cccc(C(=O)Nc2ccc(N3CCCCC3)cc2C(=O)Nc2ccc(-c3ccc(OC4CCCCC4)nc3)cc2)c1. The molecule has 0 radical (unpaired) electrons. The minimum absolute atomic E-state index is 0.221. The number of nitrogens with zero attached hydrogens (tertiary/aromatic N) is 2. The Kier molecular flexibility index (Phi) is 29.8. The molecule has 6 rings (SSSR count). The summed E-state index contributed by atoms with van der Waals surface area (Å²) in [4.78, 5) is 46.3. The topological polar surface area (TPSA) is 193 Å². The fraction of sp³-hybridized carbons (Fsp3) is 0.581. The molecule has 2 N–H and O–H groups in total. The summed E-state index contributed by atoms with van der Waals surface area (Å²) < 4.78 is 61.4. The lowest BCUT2D eigenvalue weighted by atomic mass is 9.98. The molecule has 3 aromatic carbocycles. The summed E-state index contributed by atoms with van der Waals surface area (Å²) in [7, 11) is 0. The van der Waals surface area contributed by atoms with Gasteiger partial charge in [0.1, 0.15) is 11.7 Å². The Morgan fingerprint density at radius 2 is 1.09 bits per heavy atom. The van der Waals surface area contributed by atoms with E-state index in [2.05, 4.69) is 20.5 Å². The van der Waals surface area contributed by atoms with Crippen molar-refractivity contribution in [1.29, 1.82) is 0 Å². The second kappa shape index (κ2) is 37.5. The maximum absolute atomic E-state index is 14.1. The van der Waals surface area contributed by atoms with Crippen molar-refractivity contribution in [1.82, 2.24) is 4.98 Å². The number of ether oxygens (including phenoxy) is 11. The molecule has 0 spiro atoms. The Balaban J connectivity index is 0.765. The van der Waals surface area contributed by atoms with E-state index in [9.17, 15) is 14.4 Å². The number of nitrogens with one attached hydrogen (secondary N) is 2. The van der Waals surface area contributed by atoms with Crippen molar-refractivity contribution >= 4 is 34.8 Å². The van der Waals surface area contributed by atoms with Gasteiger partial charge in [0.2, 0.25) is 5.88 Å². The van der Waals surface area contributed by atoms with Crippen LogP contribution in [0.2, 0.25) is 0 Å². The van der Waals surface area contributed by atoms with E-state index in [0.29, 0.717) is 147 Å². The van der Waals surface area contributed by atoms with E-state index in [4.69, 9.17) is 52.1 Å². The first kappa shape index (κ1) is 63.6. The number of aryl methyl sites for hydroxylation is 1. The number of piperidine rings is 1. The van der Waals surface area contributed by atoms with Gasteiger partial charge >= 0.3 is 5.97 Å². The third kappa shape index (κ3) is 25.9. The first-order valence-electron chi connectivity index (χ1n) is 28.8. The molecule has 1 aliphatic heterocycles. The molecule has 2 fully saturated rings. The van der Waals surface area contributed by atoms with Crippen LogP contribution in [-0.2, 0) is 58.6 Å². The van der Waals surface area contributed by atoms with Crippen LogP contribution in [0.25, 0.3) is 11.1 Å². The molecule has 4 aromatic rings. The maximum atomic E-state index is 14.1. The van der Waals surface area contributed by atoms with E-state index in [1.807, 2.05) is 99.8 Å². The average molecular weight is 1110 g/mol. The number of rotatable bonds is 39. The molecule has 0 atom stereocenters. The number of benzene rings is 3. The fourth-order valence-electron chi connectivity index (χ4n) is 8.95. The minimum atomic E-state index is -0.487. The van der Waals surface area contributed by atoms with E-state index in [1.54, 1.807) is 6.07 Å². The molecule has 18 heteroatoms. The Bertz CT molecular complexity index is 2350. The number of carbonyl (C=O) groups is 3. The monoisotopic (exact) mass is 1110 g/mol. The van der Waals surface area contributed by atoms with Gasteiger partial charge in [0.05, 0.1) is 130 Å². The summed E-state index contributed by atoms with van der Waals surface area (Å²) in [6, 6.07) is 24.9. The number of aromatic nitrogens is 1. The lowest BCUT2D eigenvalue weighted by molar-refractivity contribution is -0.156. The van der Waals surface area contributed by atoms with Crippen molar-refractivity contribution in [3.05, 3.63) is 102 Å². The molecule has 2 heterocycles. The predicted molar refractivity (Wildman–Crippen MR) is 308 cm³/mol. The fourth-order valence-corrected chi connectivity index (χ4v) is 8.95. The van der Waals surface area contributed by atoms with Gasteiger partial charge in [0, 0.05) is 54.5 Å². The van der Waals surface area contributed by atoms with Gasteiger partial charge in [-0.2, -0.15) is 0 Å². The number of hydrogen-bond donors (Lipinski definition) is 2. The van der Waals surface area contributed by atoms with Crippen LogP contribution < -0.4 is 20.3 Å². The van der Waals surface area contributed by atoms with Crippen LogP contribution in [0.3, 0.4) is 0 Å². The number of hydrogen-bond acceptors (Lipinski definition) is 16. The zero-order valence-electron chi connectivity index (χ0n) is 47.7. The van der Waals surface area contributed by atoms with Gasteiger partial charge in [-0.1, -0.05) is 30.7 Å². The van der Waals surface area contributed by atoms with Gasteiger partial charge in [0.15, 0.2) is 0 Å². The molecule has 0 bridgehead atoms. The minimum Gasteiger partial charge on any atom is -0.474 e. The van der Waals surface area contributed by atoms with Crippen LogP contribution in [0.15, 0.2) is 85.1 Å². The Morgan fingerprint density at radius 1 is 0.550 bits per heavy atom. The highest BCUT2D eigenvalue weighted by atomic mass is 16.6. The van der Waals surface area contributed by atoms with Crippen molar-refractivity contribution in [3.8, 4) is 17.0 Å². The molecule has 1 aromatic heterocycles. The van der Waals surface area contributed by atoms with Crippen LogP contribution in [0.1, 0.15) is 111 Å². The van der Waals surface area contributed by atoms with E-state index in [1.165, 1.54) is 25.7 Å². The van der Waals surface area contributed by atoms with Crippen molar-refractivity contribution in [3.63, 3.8) is 0 Å². The van der Waals surface area contributed by atoms with E-state index in [0.717, 1.165) is 74.0 Å². The first-order chi connectivity index (χ1) is 39.1. The highest BCUT2D eigenvalue weighted by Gasteiger charge is 2.21. The van der Waals surface area contributed by atoms with Crippen LogP contribution in [0, 0.1) is 0 Å². The third-order valence-electron chi connectivity index (χ3n) is 13.1. The molecule has 440 valence electrons. The van der Waals surface area contributed by atoms with E-state index in [-0.39, 0.29) is 30.3 Å². The molecular weight excluding hydrogens is 1020 g/mol. The van der Waals surface area contributed by atoms with Crippen LogP contribution >= 0.6 is 0 Å². The Hall–Kier alpha value is -5.54. The van der Waals surface area contributed by atoms with Gasteiger partial charge in [-0.15, -0.1) is 0 Å². The van der Waals surface area contributed by atoms with Crippen molar-refractivity contribution in [2.45, 2.75) is 103 Å². The Labute approximate surface area is 474 Å². The smallest absolute Gasteiger partial charge is 0.308 e. The third-order valence-corrected chi connectivity index (χ3v) is 13.1. The molecule has 1 aliphatic carbocycles. The van der Waals surface area contributed by atoms with Gasteiger partial charge in [-0.05, 0) is 138 Å². The quantitative estimate of drug-likeness (QED) is 0.0317. The van der Waals surface area contributed by atoms with Gasteiger partial charge < -0.3 is 67.6 Å². The normalized spacial score (nSPS) is 14.0. The summed E-state index contributed by atoms with van der Waals surface area (Å²) in [5.41, 5.74) is 5.42. The molecule has 2 amide bonds. The van der Waals surface area contributed by atoms with E-state index < -0.39 is 5.60 Å². The van der Waals surface area contributed by atoms with Gasteiger partial charge in [-0.25, -0.2) is 4.98 Å². The summed E-state index contributed by atoms with van der Waals surface area (Å²) in [6.45, 7) is 15.6. The zero-order valence-corrected chi connectivity index (χ0v) is 47.7. The number of carbonyl (C=O) groups excluding carboxylic acids is 3. The van der Waals surface area contributed by atoms with Crippen LogP contribution in [-0.4, -0.2) is 166 Å². The summed E-state index contributed by atoms with van der Waals surface area (Å²) in [5.74, 6) is -0.217. The molecule has 80 heavy (non-hydrogen) atoms. The lowest BCUT2D eigenvalue weighted by Gasteiger charge is -2.29. The molecule has 18 nitrogen and oxygen atoms in total. The molecule has 0 unspecified atom stereocenters.